The number of nitrogens with zero attached hydrogens (tertiary/aromatic N) is 1. The topological polar surface area (TPSA) is 97.0 Å². The van der Waals surface area contributed by atoms with Gasteiger partial charge in [-0.05, 0) is 50.5 Å². The summed E-state index contributed by atoms with van der Waals surface area (Å²) in [4.78, 5) is 36.8. The number of carbonyl (C=O) groups is 3. The molecule has 9 heteroatoms. The van der Waals surface area contributed by atoms with Crippen molar-refractivity contribution in [1.82, 2.24) is 10.4 Å². The molecule has 28 heavy (non-hydrogen) atoms. The molecule has 1 aromatic carbocycles. The molecular formula is C19H24ClN3O5. The average molecular weight is 410 g/mol. The Morgan fingerprint density at radius 3 is 2.71 bits per heavy atom. The van der Waals surface area contributed by atoms with E-state index in [-0.39, 0.29) is 23.2 Å². The van der Waals surface area contributed by atoms with Crippen molar-refractivity contribution in [3.05, 3.63) is 40.9 Å². The fourth-order valence-electron chi connectivity index (χ4n) is 2.55. The number of rotatable bonds is 6. The van der Waals surface area contributed by atoms with E-state index >= 15 is 0 Å². The highest BCUT2D eigenvalue weighted by atomic mass is 35.5. The van der Waals surface area contributed by atoms with Crippen molar-refractivity contribution in [3.63, 3.8) is 0 Å². The molecule has 1 saturated heterocycles. The maximum Gasteiger partial charge on any atom is 0.351 e. The van der Waals surface area contributed by atoms with E-state index in [1.165, 1.54) is 17.1 Å². The van der Waals surface area contributed by atoms with E-state index in [1.54, 1.807) is 19.9 Å². The highest BCUT2D eigenvalue weighted by Gasteiger charge is 2.27. The van der Waals surface area contributed by atoms with Gasteiger partial charge in [-0.2, -0.15) is 0 Å². The molecule has 0 aliphatic carbocycles. The van der Waals surface area contributed by atoms with Crippen LogP contribution in [0.3, 0.4) is 0 Å². The number of hydrogen-bond donors (Lipinski definition) is 2. The normalized spacial score (nSPS) is 14.8. The van der Waals surface area contributed by atoms with Gasteiger partial charge in [0, 0.05) is 18.8 Å². The number of carbonyl (C=O) groups excluding carboxylic acids is 3. The number of esters is 2. The third-order valence-corrected chi connectivity index (χ3v) is 4.30. The molecule has 1 fully saturated rings. The summed E-state index contributed by atoms with van der Waals surface area (Å²) < 4.78 is 10.1. The monoisotopic (exact) mass is 409 g/mol. The van der Waals surface area contributed by atoms with Gasteiger partial charge < -0.3 is 14.8 Å². The number of nitrogens with one attached hydrogen (secondary N) is 2. The molecule has 152 valence electrons. The van der Waals surface area contributed by atoms with Crippen molar-refractivity contribution < 1.29 is 23.9 Å². The lowest BCUT2D eigenvalue weighted by Crippen LogP contribution is -2.48. The smallest absolute Gasteiger partial charge is 0.351 e. The minimum Gasteiger partial charge on any atom is -0.463 e. The summed E-state index contributed by atoms with van der Waals surface area (Å²) >= 11 is 6.11. The summed E-state index contributed by atoms with van der Waals surface area (Å²) in [7, 11) is 0. The zero-order valence-corrected chi connectivity index (χ0v) is 16.7. The van der Waals surface area contributed by atoms with Gasteiger partial charge in [-0.25, -0.2) is 19.8 Å². The van der Waals surface area contributed by atoms with Crippen LogP contribution >= 0.6 is 11.6 Å². The van der Waals surface area contributed by atoms with E-state index < -0.39 is 18.0 Å². The van der Waals surface area contributed by atoms with Crippen LogP contribution in [0.4, 0.5) is 10.5 Å². The molecule has 1 atom stereocenters. The molecule has 1 aliphatic heterocycles. The number of amides is 2. The van der Waals surface area contributed by atoms with E-state index in [0.29, 0.717) is 17.8 Å². The number of halogens is 1. The van der Waals surface area contributed by atoms with Gasteiger partial charge in [0.2, 0.25) is 6.10 Å². The Balaban J connectivity index is 2.12. The van der Waals surface area contributed by atoms with Crippen LogP contribution in [0.25, 0.3) is 0 Å². The van der Waals surface area contributed by atoms with Gasteiger partial charge in [-0.1, -0.05) is 18.2 Å². The van der Waals surface area contributed by atoms with Crippen molar-refractivity contribution in [2.75, 3.05) is 25.0 Å². The van der Waals surface area contributed by atoms with Crippen LogP contribution in [0.2, 0.25) is 5.02 Å². The molecule has 0 saturated carbocycles. The third kappa shape index (κ3) is 5.71. The summed E-state index contributed by atoms with van der Waals surface area (Å²) in [5.41, 5.74) is 3.70. The van der Waals surface area contributed by atoms with Crippen LogP contribution in [0.1, 0.15) is 37.0 Å². The largest absolute Gasteiger partial charge is 0.463 e. The number of anilines is 1. The van der Waals surface area contributed by atoms with Gasteiger partial charge in [0.1, 0.15) is 0 Å². The number of benzene rings is 1. The van der Waals surface area contributed by atoms with Crippen LogP contribution in [-0.2, 0) is 14.3 Å². The minimum absolute atomic E-state index is 0.0154. The number of ether oxygens (including phenoxy) is 2. The number of hydrazine groups is 1. The molecule has 1 aliphatic rings. The lowest BCUT2D eigenvalue weighted by molar-refractivity contribution is -0.151. The Kier molecular flexibility index (Phi) is 7.83. The van der Waals surface area contributed by atoms with Crippen molar-refractivity contribution in [2.24, 2.45) is 0 Å². The van der Waals surface area contributed by atoms with Gasteiger partial charge in [0.25, 0.3) is 0 Å². The standard InChI is InChI=1S/C19H24ClN3O5/c1-4-27-18(25)16(12(2)3)28-17(24)14-11-13(7-8-15(14)20)22-19(26)23-10-6-5-9-21-23/h7-8,11,16,21H,2,4-6,9-10H2,1,3H3,(H,22,26). The second-order valence-corrected chi connectivity index (χ2v) is 6.68. The van der Waals surface area contributed by atoms with Crippen molar-refractivity contribution in [1.29, 1.82) is 0 Å². The predicted octanol–water partition coefficient (Wildman–Crippen LogP) is 3.14. The molecule has 2 rings (SSSR count). The van der Waals surface area contributed by atoms with E-state index in [2.05, 4.69) is 17.3 Å². The van der Waals surface area contributed by atoms with Gasteiger partial charge in [0.15, 0.2) is 0 Å². The summed E-state index contributed by atoms with van der Waals surface area (Å²) in [6.07, 6.45) is 0.680. The first-order chi connectivity index (χ1) is 13.3. The van der Waals surface area contributed by atoms with E-state index in [0.717, 1.165) is 19.4 Å². The van der Waals surface area contributed by atoms with Crippen molar-refractivity contribution in [2.45, 2.75) is 32.8 Å². The molecule has 0 spiro atoms. The fourth-order valence-corrected chi connectivity index (χ4v) is 2.74. The zero-order chi connectivity index (χ0) is 20.7. The minimum atomic E-state index is -1.24. The quantitative estimate of drug-likeness (QED) is 0.553. The first kappa shape index (κ1) is 21.7. The average Bonchev–Trinajstić information content (AvgIpc) is 2.67. The second-order valence-electron chi connectivity index (χ2n) is 6.28. The Bertz CT molecular complexity index is 762. The van der Waals surface area contributed by atoms with E-state index in [9.17, 15) is 14.4 Å². The van der Waals surface area contributed by atoms with Crippen LogP contribution in [0, 0.1) is 0 Å². The molecule has 0 bridgehead atoms. The summed E-state index contributed by atoms with van der Waals surface area (Å²) in [6.45, 7) is 8.32. The van der Waals surface area contributed by atoms with Gasteiger partial charge in [-0.3, -0.25) is 5.01 Å². The first-order valence-electron chi connectivity index (χ1n) is 8.98. The lowest BCUT2D eigenvalue weighted by Gasteiger charge is -2.27. The highest BCUT2D eigenvalue weighted by molar-refractivity contribution is 6.33. The summed E-state index contributed by atoms with van der Waals surface area (Å²) in [5.74, 6) is -1.53. The molecule has 8 nitrogen and oxygen atoms in total. The van der Waals surface area contributed by atoms with Gasteiger partial charge in [0.05, 0.1) is 17.2 Å². The lowest BCUT2D eigenvalue weighted by atomic mass is 10.1. The number of urea groups is 1. The zero-order valence-electron chi connectivity index (χ0n) is 15.9. The molecule has 2 N–H and O–H groups in total. The molecule has 2 amide bonds. The van der Waals surface area contributed by atoms with E-state index in [4.69, 9.17) is 21.1 Å². The van der Waals surface area contributed by atoms with Crippen LogP contribution in [0.5, 0.6) is 0 Å². The molecule has 1 unspecified atom stereocenters. The maximum absolute atomic E-state index is 12.5. The third-order valence-electron chi connectivity index (χ3n) is 3.97. The maximum atomic E-state index is 12.5. The molecule has 1 aromatic rings. The van der Waals surface area contributed by atoms with Gasteiger partial charge >= 0.3 is 18.0 Å². The predicted molar refractivity (Wildman–Crippen MR) is 105 cm³/mol. The Labute approximate surface area is 168 Å². The number of hydrogen-bond acceptors (Lipinski definition) is 6. The Morgan fingerprint density at radius 2 is 2.11 bits per heavy atom. The summed E-state index contributed by atoms with van der Waals surface area (Å²) in [6, 6.07) is 4.10. The fraction of sp³-hybridized carbons (Fsp3) is 0.421. The van der Waals surface area contributed by atoms with Crippen LogP contribution in [-0.4, -0.2) is 48.8 Å². The molecular weight excluding hydrogens is 386 g/mol. The molecule has 0 aromatic heterocycles. The highest BCUT2D eigenvalue weighted by Crippen LogP contribution is 2.23. The van der Waals surface area contributed by atoms with E-state index in [1.807, 2.05) is 0 Å². The SMILES string of the molecule is C=C(C)C(OC(=O)c1cc(NC(=O)N2CCCCN2)ccc1Cl)C(=O)OCC. The molecule has 1 heterocycles. The second kappa shape index (κ2) is 10.1. The van der Waals surface area contributed by atoms with Crippen LogP contribution in [0.15, 0.2) is 30.4 Å². The Hall–Kier alpha value is -2.58. The van der Waals surface area contributed by atoms with Crippen LogP contribution < -0.4 is 10.7 Å². The van der Waals surface area contributed by atoms with Crippen molar-refractivity contribution in [3.8, 4) is 0 Å². The first-order valence-corrected chi connectivity index (χ1v) is 9.35. The Morgan fingerprint density at radius 1 is 1.36 bits per heavy atom. The summed E-state index contributed by atoms with van der Waals surface area (Å²) in [5, 5.41) is 4.31. The van der Waals surface area contributed by atoms with Crippen molar-refractivity contribution >= 4 is 35.3 Å². The van der Waals surface area contributed by atoms with Gasteiger partial charge in [-0.15, -0.1) is 0 Å². The molecule has 0 radical (unpaired) electrons.